The summed E-state index contributed by atoms with van der Waals surface area (Å²) in [4.78, 5) is 54.6. The third kappa shape index (κ3) is 10.3. The number of likely N-dealkylation sites (tertiary alicyclic amines) is 1. The van der Waals surface area contributed by atoms with Crippen LogP contribution in [0.2, 0.25) is 0 Å². The number of carbonyl (C=O) groups is 4. The average molecular weight is 505 g/mol. The first-order valence-electron chi connectivity index (χ1n) is 13.2. The molecule has 9 heteroatoms. The van der Waals surface area contributed by atoms with Crippen molar-refractivity contribution in [2.45, 2.75) is 91.6 Å². The van der Waals surface area contributed by atoms with Crippen molar-refractivity contribution in [3.8, 4) is 0 Å². The van der Waals surface area contributed by atoms with Crippen molar-refractivity contribution in [2.75, 3.05) is 13.1 Å². The zero-order valence-electron chi connectivity index (χ0n) is 22.5. The molecule has 0 spiro atoms. The van der Waals surface area contributed by atoms with Crippen molar-refractivity contribution >= 4 is 23.7 Å². The maximum atomic E-state index is 12.9. The number of carboxylic acids is 1. The molecule has 2 fully saturated rings. The minimum atomic E-state index is -1.03. The van der Waals surface area contributed by atoms with Crippen molar-refractivity contribution in [2.24, 2.45) is 11.8 Å². The zero-order valence-corrected chi connectivity index (χ0v) is 22.5. The SMILES string of the molecule is CC.CC(C)C.O=C(NC(C(=O)NCC(=O)N1CCCC1C(=O)O)C1CCCCC1)c1ccccn1. The van der Waals surface area contributed by atoms with Gasteiger partial charge in [-0.2, -0.15) is 0 Å². The van der Waals surface area contributed by atoms with Gasteiger partial charge in [0.1, 0.15) is 17.8 Å². The quantitative estimate of drug-likeness (QED) is 0.520. The molecule has 0 aromatic carbocycles. The number of aliphatic carboxylic acids is 1. The summed E-state index contributed by atoms with van der Waals surface area (Å²) in [6.07, 6.45) is 7.27. The van der Waals surface area contributed by atoms with Gasteiger partial charge in [0, 0.05) is 12.7 Å². The van der Waals surface area contributed by atoms with Gasteiger partial charge in [-0.05, 0) is 49.7 Å². The third-order valence-corrected chi connectivity index (χ3v) is 5.86. The van der Waals surface area contributed by atoms with Gasteiger partial charge in [-0.15, -0.1) is 0 Å². The summed E-state index contributed by atoms with van der Waals surface area (Å²) in [5.41, 5.74) is 0.226. The first-order chi connectivity index (χ1) is 17.2. The Bertz CT molecular complexity index is 822. The lowest BCUT2D eigenvalue weighted by molar-refractivity contribution is -0.148. The van der Waals surface area contributed by atoms with E-state index < -0.39 is 35.8 Å². The van der Waals surface area contributed by atoms with Crippen molar-refractivity contribution in [3.05, 3.63) is 30.1 Å². The fourth-order valence-corrected chi connectivity index (χ4v) is 4.27. The molecule has 3 N–H and O–H groups in total. The van der Waals surface area contributed by atoms with Crippen LogP contribution in [0.3, 0.4) is 0 Å². The molecule has 1 saturated carbocycles. The van der Waals surface area contributed by atoms with Gasteiger partial charge in [-0.25, -0.2) is 4.79 Å². The lowest BCUT2D eigenvalue weighted by Gasteiger charge is -2.30. The van der Waals surface area contributed by atoms with E-state index in [2.05, 4.69) is 36.4 Å². The molecule has 36 heavy (non-hydrogen) atoms. The van der Waals surface area contributed by atoms with Gasteiger partial charge >= 0.3 is 5.97 Å². The summed E-state index contributed by atoms with van der Waals surface area (Å²) in [7, 11) is 0. The fourth-order valence-electron chi connectivity index (χ4n) is 4.27. The molecule has 2 atom stereocenters. The second kappa shape index (κ2) is 16.7. The Morgan fingerprint density at radius 2 is 1.67 bits per heavy atom. The Morgan fingerprint density at radius 3 is 2.22 bits per heavy atom. The van der Waals surface area contributed by atoms with E-state index in [9.17, 15) is 24.3 Å². The third-order valence-electron chi connectivity index (χ3n) is 5.86. The number of nitrogens with one attached hydrogen (secondary N) is 2. The van der Waals surface area contributed by atoms with Crippen molar-refractivity contribution in [1.82, 2.24) is 20.5 Å². The molecular formula is C27H44N4O5. The minimum Gasteiger partial charge on any atom is -0.480 e. The smallest absolute Gasteiger partial charge is 0.326 e. The predicted octanol–water partition coefficient (Wildman–Crippen LogP) is 3.64. The zero-order chi connectivity index (χ0) is 27.1. The molecule has 2 heterocycles. The largest absolute Gasteiger partial charge is 0.480 e. The number of rotatable bonds is 7. The Balaban J connectivity index is 0.000000982. The molecule has 1 aromatic rings. The highest BCUT2D eigenvalue weighted by Gasteiger charge is 2.35. The summed E-state index contributed by atoms with van der Waals surface area (Å²) >= 11 is 0. The highest BCUT2D eigenvalue weighted by Crippen LogP contribution is 2.27. The maximum absolute atomic E-state index is 12.9. The van der Waals surface area contributed by atoms with Gasteiger partial charge in [-0.3, -0.25) is 19.4 Å². The van der Waals surface area contributed by atoms with Crippen LogP contribution in [0.4, 0.5) is 0 Å². The van der Waals surface area contributed by atoms with Crippen molar-refractivity contribution in [1.29, 1.82) is 0 Å². The number of hydrogen-bond acceptors (Lipinski definition) is 5. The topological polar surface area (TPSA) is 129 Å². The molecule has 0 radical (unpaired) electrons. The Kier molecular flexibility index (Phi) is 14.4. The minimum absolute atomic E-state index is 0.0138. The summed E-state index contributed by atoms with van der Waals surface area (Å²) < 4.78 is 0. The molecule has 1 saturated heterocycles. The lowest BCUT2D eigenvalue weighted by Crippen LogP contribution is -2.53. The predicted molar refractivity (Wildman–Crippen MR) is 139 cm³/mol. The van der Waals surface area contributed by atoms with Crippen LogP contribution in [0, 0.1) is 11.8 Å². The molecule has 3 rings (SSSR count). The summed E-state index contributed by atoms with van der Waals surface area (Å²) in [6, 6.07) is 3.38. The molecule has 9 nitrogen and oxygen atoms in total. The van der Waals surface area contributed by atoms with E-state index in [0.717, 1.165) is 38.0 Å². The number of hydrogen-bond donors (Lipinski definition) is 3. The van der Waals surface area contributed by atoms with Crippen molar-refractivity contribution < 1.29 is 24.3 Å². The van der Waals surface area contributed by atoms with Crippen molar-refractivity contribution in [3.63, 3.8) is 0 Å². The highest BCUT2D eigenvalue weighted by molar-refractivity contribution is 5.97. The van der Waals surface area contributed by atoms with Crippen LogP contribution in [-0.2, 0) is 14.4 Å². The number of carbonyl (C=O) groups excluding carboxylic acids is 3. The second-order valence-electron chi connectivity index (χ2n) is 9.60. The van der Waals surface area contributed by atoms with E-state index in [1.54, 1.807) is 18.2 Å². The summed E-state index contributed by atoms with van der Waals surface area (Å²) in [5, 5.41) is 14.6. The summed E-state index contributed by atoms with van der Waals surface area (Å²) in [6.45, 7) is 10.6. The normalized spacial score (nSPS) is 18.2. The molecule has 0 bridgehead atoms. The molecule has 1 aliphatic heterocycles. The summed E-state index contributed by atoms with van der Waals surface area (Å²) in [5.74, 6) is -1.50. The second-order valence-corrected chi connectivity index (χ2v) is 9.60. The number of nitrogens with zero attached hydrogens (tertiary/aromatic N) is 2. The molecule has 2 unspecified atom stereocenters. The van der Waals surface area contributed by atoms with Crippen LogP contribution in [0.25, 0.3) is 0 Å². The van der Waals surface area contributed by atoms with Crippen LogP contribution in [0.1, 0.15) is 90.1 Å². The van der Waals surface area contributed by atoms with Crippen LogP contribution in [0.5, 0.6) is 0 Å². The average Bonchev–Trinajstić information content (AvgIpc) is 3.38. The van der Waals surface area contributed by atoms with E-state index in [4.69, 9.17) is 0 Å². The van der Waals surface area contributed by atoms with Gasteiger partial charge in [-0.1, -0.05) is 59.9 Å². The first-order valence-corrected chi connectivity index (χ1v) is 13.2. The van der Waals surface area contributed by atoms with Gasteiger partial charge in [0.05, 0.1) is 6.54 Å². The Morgan fingerprint density at radius 1 is 1.03 bits per heavy atom. The van der Waals surface area contributed by atoms with E-state index in [0.29, 0.717) is 19.4 Å². The molecule has 1 aliphatic carbocycles. The van der Waals surface area contributed by atoms with Gasteiger partial charge in [0.25, 0.3) is 5.91 Å². The van der Waals surface area contributed by atoms with E-state index in [1.165, 1.54) is 11.1 Å². The molecule has 3 amide bonds. The number of carboxylic acid groups (broad SMARTS) is 1. The number of aromatic nitrogens is 1. The van der Waals surface area contributed by atoms with Gasteiger partial charge in [0.2, 0.25) is 11.8 Å². The van der Waals surface area contributed by atoms with Crippen LogP contribution < -0.4 is 10.6 Å². The Hall–Kier alpha value is -2.97. The van der Waals surface area contributed by atoms with Gasteiger partial charge < -0.3 is 20.6 Å². The van der Waals surface area contributed by atoms with Gasteiger partial charge in [0.15, 0.2) is 0 Å². The Labute approximate surface area is 215 Å². The maximum Gasteiger partial charge on any atom is 0.326 e. The standard InChI is InChI=1S/C21H28N4O5.C4H10.C2H6/c26-17(25-12-6-10-16(25)21(29)30)13-23-20(28)18(14-7-2-1-3-8-14)24-19(27)15-9-4-5-11-22-15;1-4(2)3;1-2/h4-5,9,11,14,16,18H,1-3,6-8,10,12-13H2,(H,23,28)(H,24,27)(H,29,30);4H,1-3H3;1-2H3. The number of pyridine rings is 1. The van der Waals surface area contributed by atoms with Crippen LogP contribution >= 0.6 is 0 Å². The fraction of sp³-hybridized carbons (Fsp3) is 0.667. The highest BCUT2D eigenvalue weighted by atomic mass is 16.4. The van der Waals surface area contributed by atoms with E-state index in [-0.39, 0.29) is 18.2 Å². The van der Waals surface area contributed by atoms with Crippen LogP contribution in [-0.4, -0.2) is 63.9 Å². The van der Waals surface area contributed by atoms with Crippen LogP contribution in [0.15, 0.2) is 24.4 Å². The first kappa shape index (κ1) is 31.1. The molecule has 1 aromatic heterocycles. The number of amides is 3. The molecule has 2 aliphatic rings. The molecule has 202 valence electrons. The lowest BCUT2D eigenvalue weighted by atomic mass is 9.83. The monoisotopic (exact) mass is 504 g/mol. The molecular weight excluding hydrogens is 460 g/mol. The van der Waals surface area contributed by atoms with E-state index in [1.807, 2.05) is 13.8 Å². The van der Waals surface area contributed by atoms with E-state index >= 15 is 0 Å².